The topological polar surface area (TPSA) is 78.5 Å². The van der Waals surface area contributed by atoms with Gasteiger partial charge in [-0.25, -0.2) is 9.37 Å². The number of phenolic OH excluding ortho intramolecular Hbond substituents is 1. The van der Waals surface area contributed by atoms with Crippen molar-refractivity contribution in [3.8, 4) is 16.9 Å². The fourth-order valence-corrected chi connectivity index (χ4v) is 7.23. The Bertz CT molecular complexity index is 1520. The van der Waals surface area contributed by atoms with Crippen LogP contribution in [0.25, 0.3) is 32.8 Å². The van der Waals surface area contributed by atoms with Crippen molar-refractivity contribution in [3.63, 3.8) is 0 Å². The third kappa shape index (κ3) is 4.15. The van der Waals surface area contributed by atoms with Gasteiger partial charge in [0.15, 0.2) is 5.82 Å². The molecule has 0 amide bonds. The van der Waals surface area contributed by atoms with E-state index in [0.717, 1.165) is 23.9 Å². The number of anilines is 2. The van der Waals surface area contributed by atoms with E-state index in [4.69, 9.17) is 17.3 Å². The van der Waals surface area contributed by atoms with E-state index in [1.165, 1.54) is 30.4 Å². The second kappa shape index (κ2) is 9.19. The number of thioether (sulfide) groups is 1. The van der Waals surface area contributed by atoms with Crippen molar-refractivity contribution in [1.82, 2.24) is 14.9 Å². The number of nitrogen functional groups attached to an aromatic ring is 1. The van der Waals surface area contributed by atoms with E-state index < -0.39 is 5.82 Å². The molecule has 1 aromatic heterocycles. The second-order valence-corrected chi connectivity index (χ2v) is 12.0. The highest BCUT2D eigenvalue weighted by molar-refractivity contribution is 7.99. The minimum atomic E-state index is -0.574. The Hall–Kier alpha value is -2.81. The summed E-state index contributed by atoms with van der Waals surface area (Å²) in [7, 11) is 2.21. The van der Waals surface area contributed by atoms with Crippen molar-refractivity contribution in [2.45, 2.75) is 31.3 Å². The molecule has 4 aromatic rings. The summed E-state index contributed by atoms with van der Waals surface area (Å²) in [4.78, 5) is 13.7. The zero-order valence-electron chi connectivity index (χ0n) is 20.8. The van der Waals surface area contributed by atoms with Crippen LogP contribution in [0.5, 0.6) is 5.75 Å². The molecule has 2 saturated heterocycles. The number of rotatable bonds is 4. The molecule has 2 aliphatic heterocycles. The van der Waals surface area contributed by atoms with Gasteiger partial charge in [0.1, 0.15) is 17.1 Å². The Morgan fingerprint density at radius 3 is 2.62 bits per heavy atom. The van der Waals surface area contributed by atoms with Crippen LogP contribution in [0.3, 0.4) is 0 Å². The van der Waals surface area contributed by atoms with Gasteiger partial charge in [0.2, 0.25) is 5.95 Å². The number of aromatic nitrogens is 2. The average Bonchev–Trinajstić information content (AvgIpc) is 2.84. The molecule has 3 heterocycles. The van der Waals surface area contributed by atoms with Crippen LogP contribution in [0.15, 0.2) is 42.5 Å². The van der Waals surface area contributed by atoms with E-state index in [0.29, 0.717) is 22.9 Å². The predicted octanol–water partition coefficient (Wildman–Crippen LogP) is 5.94. The van der Waals surface area contributed by atoms with Crippen molar-refractivity contribution in [2.24, 2.45) is 0 Å². The van der Waals surface area contributed by atoms with Crippen molar-refractivity contribution >= 4 is 56.8 Å². The first-order valence-corrected chi connectivity index (χ1v) is 14.0. The number of aromatic hydroxyl groups is 1. The van der Waals surface area contributed by atoms with Gasteiger partial charge in [-0.1, -0.05) is 35.9 Å². The van der Waals surface area contributed by atoms with Gasteiger partial charge >= 0.3 is 0 Å². The number of phenols is 1. The van der Waals surface area contributed by atoms with Crippen LogP contribution in [0, 0.1) is 5.82 Å². The summed E-state index contributed by atoms with van der Waals surface area (Å²) in [6, 6.07) is 12.7. The van der Waals surface area contributed by atoms with E-state index in [9.17, 15) is 5.11 Å². The largest absolute Gasteiger partial charge is 0.508 e. The molecule has 0 unspecified atom stereocenters. The highest BCUT2D eigenvalue weighted by Gasteiger charge is 2.41. The summed E-state index contributed by atoms with van der Waals surface area (Å²) < 4.78 is 16.2. The summed E-state index contributed by atoms with van der Waals surface area (Å²) in [5, 5.41) is 12.5. The van der Waals surface area contributed by atoms with Gasteiger partial charge in [-0.3, -0.25) is 4.90 Å². The van der Waals surface area contributed by atoms with Crippen LogP contribution in [-0.4, -0.2) is 63.2 Å². The lowest BCUT2D eigenvalue weighted by Crippen LogP contribution is -2.64. The molecule has 6 nitrogen and oxygen atoms in total. The van der Waals surface area contributed by atoms with Gasteiger partial charge in [-0.2, -0.15) is 16.7 Å². The molecule has 3 aromatic carbocycles. The van der Waals surface area contributed by atoms with E-state index in [-0.39, 0.29) is 33.2 Å². The number of nitrogens with two attached hydrogens (primary N) is 1. The molecule has 2 fully saturated rings. The minimum absolute atomic E-state index is 0.0353. The van der Waals surface area contributed by atoms with Crippen molar-refractivity contribution < 1.29 is 9.50 Å². The molecule has 2 aliphatic rings. The standard InChI is InChI=1S/C28H29ClFN5OS/c1-28(7-9-37-10-8-28)34(2)17-14-35(15-17)27-32-25-21(26(31)33-27)13-22(29)23(24(25)30)20-12-18(36)11-16-5-3-4-6-19(16)20/h3-6,11-13,17,36H,7-10,14-15H2,1-2H3,(H2,31,32,33). The first-order valence-electron chi connectivity index (χ1n) is 12.5. The zero-order valence-corrected chi connectivity index (χ0v) is 22.4. The van der Waals surface area contributed by atoms with Crippen LogP contribution >= 0.6 is 23.4 Å². The maximum atomic E-state index is 16.2. The van der Waals surface area contributed by atoms with Gasteiger partial charge < -0.3 is 15.7 Å². The lowest BCUT2D eigenvalue weighted by atomic mass is 9.90. The monoisotopic (exact) mass is 537 g/mol. The molecule has 6 rings (SSSR count). The van der Waals surface area contributed by atoms with Crippen LogP contribution < -0.4 is 10.6 Å². The summed E-state index contributed by atoms with van der Waals surface area (Å²) >= 11 is 8.62. The smallest absolute Gasteiger partial charge is 0.228 e. The predicted molar refractivity (Wildman–Crippen MR) is 152 cm³/mol. The van der Waals surface area contributed by atoms with Gasteiger partial charge in [0.25, 0.3) is 0 Å². The lowest BCUT2D eigenvalue weighted by molar-refractivity contribution is 0.0622. The third-order valence-corrected chi connectivity index (χ3v) is 9.41. The summed E-state index contributed by atoms with van der Waals surface area (Å²) in [5.41, 5.74) is 7.31. The maximum Gasteiger partial charge on any atom is 0.228 e. The molecule has 3 N–H and O–H groups in total. The minimum Gasteiger partial charge on any atom is -0.508 e. The molecule has 0 bridgehead atoms. The Labute approximate surface area is 224 Å². The summed E-state index contributed by atoms with van der Waals surface area (Å²) in [6.45, 7) is 3.89. The Morgan fingerprint density at radius 1 is 1.14 bits per heavy atom. The van der Waals surface area contributed by atoms with Crippen LogP contribution in [0.4, 0.5) is 16.2 Å². The Kier molecular flexibility index (Phi) is 6.09. The maximum absolute atomic E-state index is 16.2. The van der Waals surface area contributed by atoms with Crippen LogP contribution in [0.1, 0.15) is 19.8 Å². The number of benzene rings is 3. The number of nitrogens with zero attached hydrogens (tertiary/aromatic N) is 4. The molecular weight excluding hydrogens is 509 g/mol. The van der Waals surface area contributed by atoms with Gasteiger partial charge in [0.05, 0.1) is 5.02 Å². The fourth-order valence-electron chi connectivity index (χ4n) is 5.56. The normalized spacial score (nSPS) is 18.0. The lowest BCUT2D eigenvalue weighted by Gasteiger charge is -2.52. The van der Waals surface area contributed by atoms with Gasteiger partial charge in [0, 0.05) is 35.6 Å². The SMILES string of the molecule is CN(C1CN(c2nc(N)c3cc(Cl)c(-c4cc(O)cc5ccccc45)c(F)c3n2)C1)C1(C)CCSCC1. The van der Waals surface area contributed by atoms with Gasteiger partial charge in [-0.15, -0.1) is 0 Å². The molecule has 0 radical (unpaired) electrons. The molecule has 0 spiro atoms. The first kappa shape index (κ1) is 24.5. The third-order valence-electron chi connectivity index (χ3n) is 8.13. The zero-order chi connectivity index (χ0) is 25.9. The summed E-state index contributed by atoms with van der Waals surface area (Å²) in [6.07, 6.45) is 2.37. The molecule has 0 aliphatic carbocycles. The molecule has 0 atom stereocenters. The Morgan fingerprint density at radius 2 is 1.86 bits per heavy atom. The van der Waals surface area contributed by atoms with Gasteiger partial charge in [-0.05, 0) is 72.9 Å². The van der Waals surface area contributed by atoms with Crippen molar-refractivity contribution in [2.75, 3.05) is 42.3 Å². The fraction of sp³-hybridized carbons (Fsp3) is 0.357. The highest BCUT2D eigenvalue weighted by atomic mass is 35.5. The average molecular weight is 538 g/mol. The van der Waals surface area contributed by atoms with E-state index in [2.05, 4.69) is 33.7 Å². The quantitative estimate of drug-likeness (QED) is 0.334. The first-order chi connectivity index (χ1) is 17.7. The highest BCUT2D eigenvalue weighted by Crippen LogP contribution is 2.42. The molecule has 192 valence electrons. The van der Waals surface area contributed by atoms with Crippen LogP contribution in [-0.2, 0) is 0 Å². The number of halogens is 2. The van der Waals surface area contributed by atoms with E-state index in [1.807, 2.05) is 36.0 Å². The van der Waals surface area contributed by atoms with Crippen LogP contribution in [0.2, 0.25) is 5.02 Å². The Balaban J connectivity index is 1.37. The summed E-state index contributed by atoms with van der Waals surface area (Å²) in [5.74, 6) is 2.47. The molecule has 37 heavy (non-hydrogen) atoms. The molecule has 9 heteroatoms. The number of fused-ring (bicyclic) bond motifs is 2. The molecule has 0 saturated carbocycles. The number of hydrogen-bond acceptors (Lipinski definition) is 7. The van der Waals surface area contributed by atoms with E-state index >= 15 is 4.39 Å². The molecular formula is C28H29ClFN5OS. The number of hydrogen-bond donors (Lipinski definition) is 2. The second-order valence-electron chi connectivity index (χ2n) is 10.3. The number of likely N-dealkylation sites (N-methyl/N-ethyl adjacent to an activating group) is 1. The van der Waals surface area contributed by atoms with E-state index in [1.54, 1.807) is 12.1 Å². The van der Waals surface area contributed by atoms with Crippen molar-refractivity contribution in [1.29, 1.82) is 0 Å². The van der Waals surface area contributed by atoms with Crippen molar-refractivity contribution in [3.05, 3.63) is 53.3 Å².